The molecule has 0 saturated heterocycles. The van der Waals surface area contributed by atoms with E-state index in [1.54, 1.807) is 56.5 Å². The van der Waals surface area contributed by atoms with E-state index in [0.29, 0.717) is 23.5 Å². The van der Waals surface area contributed by atoms with Crippen LogP contribution in [0.1, 0.15) is 24.5 Å². The molecule has 0 spiro atoms. The molecule has 0 aliphatic rings. The summed E-state index contributed by atoms with van der Waals surface area (Å²) in [6, 6.07) is 12.4. The van der Waals surface area contributed by atoms with Crippen molar-refractivity contribution in [1.82, 2.24) is 5.43 Å². The average Bonchev–Trinajstić information content (AvgIpc) is 2.63. The molecule has 0 bridgehead atoms. The molecular formula is C19H22N2O4. The van der Waals surface area contributed by atoms with E-state index in [1.165, 1.54) is 6.21 Å². The quantitative estimate of drug-likeness (QED) is 0.599. The Morgan fingerprint density at radius 3 is 2.72 bits per heavy atom. The summed E-state index contributed by atoms with van der Waals surface area (Å²) < 4.78 is 10.8. The number of hydrogen-bond donors (Lipinski definition) is 2. The largest absolute Gasteiger partial charge is 0.507 e. The molecule has 0 heterocycles. The number of aromatic hydroxyl groups is 1. The van der Waals surface area contributed by atoms with Crippen molar-refractivity contribution >= 4 is 12.1 Å². The third kappa shape index (κ3) is 4.97. The number of carbonyl (C=O) groups excluding carboxylic acids is 1. The van der Waals surface area contributed by atoms with Gasteiger partial charge in [0.15, 0.2) is 6.10 Å². The Hall–Kier alpha value is -3.02. The number of hydrazone groups is 1. The van der Waals surface area contributed by atoms with Crippen LogP contribution in [-0.2, 0) is 4.79 Å². The van der Waals surface area contributed by atoms with E-state index in [0.717, 1.165) is 5.56 Å². The Bertz CT molecular complexity index is 759. The Kier molecular flexibility index (Phi) is 6.39. The van der Waals surface area contributed by atoms with Crippen LogP contribution in [0.15, 0.2) is 47.6 Å². The molecule has 1 unspecified atom stereocenters. The van der Waals surface area contributed by atoms with Crippen LogP contribution >= 0.6 is 0 Å². The molecule has 2 aromatic carbocycles. The van der Waals surface area contributed by atoms with Crippen LogP contribution in [-0.4, -0.2) is 30.4 Å². The molecule has 6 heteroatoms. The summed E-state index contributed by atoms with van der Waals surface area (Å²) >= 11 is 0. The second-order valence-electron chi connectivity index (χ2n) is 5.44. The van der Waals surface area contributed by atoms with Crippen molar-refractivity contribution in [2.45, 2.75) is 26.4 Å². The van der Waals surface area contributed by atoms with Gasteiger partial charge in [0, 0.05) is 11.6 Å². The molecular weight excluding hydrogens is 320 g/mol. The molecule has 2 N–H and O–H groups in total. The van der Waals surface area contributed by atoms with Gasteiger partial charge in [0.1, 0.15) is 17.2 Å². The zero-order valence-corrected chi connectivity index (χ0v) is 14.5. The number of phenolic OH excluding ortho intramolecular Hbond substituents is 1. The van der Waals surface area contributed by atoms with Gasteiger partial charge < -0.3 is 14.6 Å². The maximum Gasteiger partial charge on any atom is 0.281 e. The van der Waals surface area contributed by atoms with E-state index in [-0.39, 0.29) is 11.7 Å². The first-order chi connectivity index (χ1) is 12.0. The van der Waals surface area contributed by atoms with E-state index >= 15 is 0 Å². The molecule has 1 amide bonds. The number of methoxy groups -OCH3 is 1. The van der Waals surface area contributed by atoms with Gasteiger partial charge in [-0.3, -0.25) is 4.79 Å². The van der Waals surface area contributed by atoms with Crippen LogP contribution in [0.2, 0.25) is 0 Å². The van der Waals surface area contributed by atoms with Crippen molar-refractivity contribution in [3.8, 4) is 17.2 Å². The molecule has 0 radical (unpaired) electrons. The number of nitrogens with zero attached hydrogens (tertiary/aromatic N) is 1. The fraction of sp³-hybridized carbons (Fsp3) is 0.263. The summed E-state index contributed by atoms with van der Waals surface area (Å²) in [5.41, 5.74) is 3.71. The molecule has 132 valence electrons. The number of nitrogens with one attached hydrogen (secondary N) is 1. The SMILES string of the molecule is CCC(Oc1cccc(OC)c1)C(=O)NN=Cc1cccc(C)c1O. The summed E-state index contributed by atoms with van der Waals surface area (Å²) in [6.45, 7) is 3.64. The number of ether oxygens (including phenoxy) is 2. The van der Waals surface area contributed by atoms with Crippen LogP contribution in [0.25, 0.3) is 0 Å². The Morgan fingerprint density at radius 2 is 2.00 bits per heavy atom. The van der Waals surface area contributed by atoms with Gasteiger partial charge in [-0.1, -0.05) is 25.1 Å². The van der Waals surface area contributed by atoms with Crippen molar-refractivity contribution in [2.24, 2.45) is 5.10 Å². The molecule has 2 rings (SSSR count). The summed E-state index contributed by atoms with van der Waals surface area (Å²) in [5, 5.41) is 13.8. The van der Waals surface area contributed by atoms with Crippen LogP contribution in [0.3, 0.4) is 0 Å². The highest BCUT2D eigenvalue weighted by Gasteiger charge is 2.18. The number of hydrogen-bond acceptors (Lipinski definition) is 5. The Morgan fingerprint density at radius 1 is 1.28 bits per heavy atom. The molecule has 0 aromatic heterocycles. The standard InChI is InChI=1S/C19H22N2O4/c1-4-17(25-16-10-6-9-15(11-16)24-3)19(23)21-20-12-14-8-5-7-13(2)18(14)22/h5-12,17,22H,4H2,1-3H3,(H,21,23). The second kappa shape index (κ2) is 8.73. The normalized spacial score (nSPS) is 12.0. The molecule has 0 aliphatic heterocycles. The van der Waals surface area contributed by atoms with Gasteiger partial charge >= 0.3 is 0 Å². The highest BCUT2D eigenvalue weighted by Crippen LogP contribution is 2.21. The lowest BCUT2D eigenvalue weighted by molar-refractivity contribution is -0.128. The number of para-hydroxylation sites is 1. The predicted octanol–water partition coefficient (Wildman–Crippen LogP) is 3.02. The third-order valence-electron chi connectivity index (χ3n) is 3.63. The molecule has 0 fully saturated rings. The fourth-order valence-electron chi connectivity index (χ4n) is 2.18. The van der Waals surface area contributed by atoms with Gasteiger partial charge in [-0.25, -0.2) is 5.43 Å². The highest BCUT2D eigenvalue weighted by molar-refractivity contribution is 5.86. The van der Waals surface area contributed by atoms with Crippen LogP contribution in [0.5, 0.6) is 17.2 Å². The lowest BCUT2D eigenvalue weighted by Crippen LogP contribution is -2.35. The monoisotopic (exact) mass is 342 g/mol. The second-order valence-corrected chi connectivity index (χ2v) is 5.44. The molecule has 0 saturated carbocycles. The average molecular weight is 342 g/mol. The summed E-state index contributed by atoms with van der Waals surface area (Å²) in [5.74, 6) is 0.969. The predicted molar refractivity (Wildman–Crippen MR) is 96.3 cm³/mol. The lowest BCUT2D eigenvalue weighted by atomic mass is 10.1. The van der Waals surface area contributed by atoms with Gasteiger partial charge in [0.05, 0.1) is 13.3 Å². The van der Waals surface area contributed by atoms with Crippen molar-refractivity contribution in [3.63, 3.8) is 0 Å². The first-order valence-corrected chi connectivity index (χ1v) is 7.97. The van der Waals surface area contributed by atoms with E-state index in [4.69, 9.17) is 9.47 Å². The summed E-state index contributed by atoms with van der Waals surface area (Å²) in [4.78, 5) is 12.2. The van der Waals surface area contributed by atoms with Crippen molar-refractivity contribution < 1.29 is 19.4 Å². The van der Waals surface area contributed by atoms with Crippen LogP contribution in [0.4, 0.5) is 0 Å². The zero-order chi connectivity index (χ0) is 18.2. The van der Waals surface area contributed by atoms with E-state index in [2.05, 4.69) is 10.5 Å². The number of phenols is 1. The minimum atomic E-state index is -0.685. The van der Waals surface area contributed by atoms with Crippen LogP contribution < -0.4 is 14.9 Å². The van der Waals surface area contributed by atoms with E-state index in [9.17, 15) is 9.90 Å². The highest BCUT2D eigenvalue weighted by atomic mass is 16.5. The molecule has 6 nitrogen and oxygen atoms in total. The van der Waals surface area contributed by atoms with E-state index in [1.807, 2.05) is 6.92 Å². The summed E-state index contributed by atoms with van der Waals surface area (Å²) in [6.07, 6.45) is 1.20. The Labute approximate surface area is 147 Å². The smallest absolute Gasteiger partial charge is 0.281 e. The molecule has 0 aliphatic carbocycles. The number of aryl methyl sites for hydroxylation is 1. The van der Waals surface area contributed by atoms with E-state index < -0.39 is 6.10 Å². The molecule has 1 atom stereocenters. The van der Waals surface area contributed by atoms with Gasteiger partial charge in [-0.2, -0.15) is 5.10 Å². The first-order valence-electron chi connectivity index (χ1n) is 7.97. The van der Waals surface area contributed by atoms with Crippen molar-refractivity contribution in [1.29, 1.82) is 0 Å². The maximum absolute atomic E-state index is 12.2. The van der Waals surface area contributed by atoms with Crippen molar-refractivity contribution in [2.75, 3.05) is 7.11 Å². The maximum atomic E-state index is 12.2. The van der Waals surface area contributed by atoms with Gasteiger partial charge in [-0.15, -0.1) is 0 Å². The fourth-order valence-corrected chi connectivity index (χ4v) is 2.18. The number of benzene rings is 2. The molecule has 2 aromatic rings. The van der Waals surface area contributed by atoms with Gasteiger partial charge in [0.2, 0.25) is 0 Å². The van der Waals surface area contributed by atoms with Crippen molar-refractivity contribution in [3.05, 3.63) is 53.6 Å². The molecule has 25 heavy (non-hydrogen) atoms. The minimum Gasteiger partial charge on any atom is -0.507 e. The topological polar surface area (TPSA) is 80.2 Å². The van der Waals surface area contributed by atoms with Gasteiger partial charge in [0.25, 0.3) is 5.91 Å². The number of amides is 1. The number of rotatable bonds is 7. The number of carbonyl (C=O) groups is 1. The zero-order valence-electron chi connectivity index (χ0n) is 14.5. The Balaban J connectivity index is 1.99. The van der Waals surface area contributed by atoms with Crippen LogP contribution in [0, 0.1) is 6.92 Å². The minimum absolute atomic E-state index is 0.139. The first kappa shape index (κ1) is 18.3. The summed E-state index contributed by atoms with van der Waals surface area (Å²) in [7, 11) is 1.57. The third-order valence-corrected chi connectivity index (χ3v) is 3.63. The lowest BCUT2D eigenvalue weighted by Gasteiger charge is -2.16. The van der Waals surface area contributed by atoms with Gasteiger partial charge in [-0.05, 0) is 37.1 Å².